The first-order chi connectivity index (χ1) is 7.85. The maximum atomic E-state index is 5.70. The zero-order chi connectivity index (χ0) is 11.4. The van der Waals surface area contributed by atoms with Crippen molar-refractivity contribution in [3.63, 3.8) is 0 Å². The van der Waals surface area contributed by atoms with Crippen LogP contribution in [0.2, 0.25) is 0 Å². The quantitative estimate of drug-likeness (QED) is 0.776. The van der Waals surface area contributed by atoms with Gasteiger partial charge < -0.3 is 10.5 Å². The lowest BCUT2D eigenvalue weighted by Gasteiger charge is -2.48. The zero-order valence-electron chi connectivity index (χ0n) is 10.5. The van der Waals surface area contributed by atoms with Crippen molar-refractivity contribution in [3.8, 4) is 0 Å². The van der Waals surface area contributed by atoms with Crippen LogP contribution in [0.15, 0.2) is 0 Å². The molecule has 1 heterocycles. The van der Waals surface area contributed by atoms with Crippen molar-refractivity contribution in [2.45, 2.75) is 63.6 Å². The average molecular weight is 226 g/mol. The number of rotatable bonds is 5. The molecule has 1 atom stereocenters. The molecule has 2 fully saturated rings. The van der Waals surface area contributed by atoms with Crippen molar-refractivity contribution in [2.75, 3.05) is 19.7 Å². The molecule has 0 aromatic heterocycles. The van der Waals surface area contributed by atoms with Crippen LogP contribution in [-0.2, 0) is 4.74 Å². The summed E-state index contributed by atoms with van der Waals surface area (Å²) in [6, 6.07) is 1.54. The first-order valence-electron chi connectivity index (χ1n) is 6.92. The summed E-state index contributed by atoms with van der Waals surface area (Å²) in [5, 5.41) is 0. The summed E-state index contributed by atoms with van der Waals surface area (Å²) in [7, 11) is 0. The van der Waals surface area contributed by atoms with Crippen LogP contribution in [0.25, 0.3) is 0 Å². The molecule has 1 aliphatic heterocycles. The van der Waals surface area contributed by atoms with Gasteiger partial charge in [-0.2, -0.15) is 0 Å². The highest BCUT2D eigenvalue weighted by Crippen LogP contribution is 2.33. The van der Waals surface area contributed by atoms with E-state index in [4.69, 9.17) is 10.5 Å². The Morgan fingerprint density at radius 1 is 1.31 bits per heavy atom. The van der Waals surface area contributed by atoms with Gasteiger partial charge in [0.2, 0.25) is 0 Å². The summed E-state index contributed by atoms with van der Waals surface area (Å²) < 4.78 is 5.64. The molecule has 2 rings (SSSR count). The van der Waals surface area contributed by atoms with Crippen LogP contribution in [0, 0.1) is 0 Å². The van der Waals surface area contributed by atoms with Gasteiger partial charge >= 0.3 is 0 Å². The average Bonchev–Trinajstić information content (AvgIpc) is 2.25. The van der Waals surface area contributed by atoms with Gasteiger partial charge in [0, 0.05) is 18.7 Å². The van der Waals surface area contributed by atoms with Gasteiger partial charge in [0.05, 0.1) is 6.10 Å². The highest BCUT2D eigenvalue weighted by Gasteiger charge is 2.37. The van der Waals surface area contributed by atoms with Crippen LogP contribution in [0.3, 0.4) is 0 Å². The third kappa shape index (κ3) is 2.76. The summed E-state index contributed by atoms with van der Waals surface area (Å²) in [6.07, 6.45) is 8.32. The molecule has 1 aliphatic carbocycles. The lowest BCUT2D eigenvalue weighted by atomic mass is 9.84. The van der Waals surface area contributed by atoms with E-state index in [1.807, 2.05) is 0 Å². The van der Waals surface area contributed by atoms with Crippen molar-refractivity contribution >= 4 is 0 Å². The summed E-state index contributed by atoms with van der Waals surface area (Å²) in [5.74, 6) is 0. The first kappa shape index (κ1) is 12.3. The third-order valence-corrected chi connectivity index (χ3v) is 4.11. The minimum atomic E-state index is 0.537. The standard InChI is InChI=1S/C13H26N2O/c1-2-16-13-9-12(10-13)15-8-4-3-5-11(15)6-7-14/h11-13H,2-10,14H2,1H3. The Labute approximate surface area is 99.3 Å². The van der Waals surface area contributed by atoms with Crippen molar-refractivity contribution < 1.29 is 4.74 Å². The Hall–Kier alpha value is -0.120. The van der Waals surface area contributed by atoms with E-state index in [0.717, 1.165) is 25.2 Å². The summed E-state index contributed by atoms with van der Waals surface area (Å²) in [5.41, 5.74) is 5.70. The van der Waals surface area contributed by atoms with Crippen molar-refractivity contribution in [1.82, 2.24) is 4.90 Å². The highest BCUT2D eigenvalue weighted by atomic mass is 16.5. The minimum Gasteiger partial charge on any atom is -0.378 e. The van der Waals surface area contributed by atoms with Crippen molar-refractivity contribution in [2.24, 2.45) is 5.73 Å². The summed E-state index contributed by atoms with van der Waals surface area (Å²) in [4.78, 5) is 2.71. The second-order valence-electron chi connectivity index (χ2n) is 5.17. The fraction of sp³-hybridized carbons (Fsp3) is 1.00. The fourth-order valence-electron chi connectivity index (χ4n) is 3.19. The molecule has 0 amide bonds. The van der Waals surface area contributed by atoms with Crippen molar-refractivity contribution in [3.05, 3.63) is 0 Å². The van der Waals surface area contributed by atoms with Gasteiger partial charge in [-0.3, -0.25) is 4.90 Å². The van der Waals surface area contributed by atoms with Crippen LogP contribution < -0.4 is 5.73 Å². The van der Waals surface area contributed by atoms with E-state index in [0.29, 0.717) is 6.10 Å². The van der Waals surface area contributed by atoms with Gasteiger partial charge in [0.1, 0.15) is 0 Å². The summed E-state index contributed by atoms with van der Waals surface area (Å²) >= 11 is 0. The molecule has 16 heavy (non-hydrogen) atoms. The summed E-state index contributed by atoms with van der Waals surface area (Å²) in [6.45, 7) is 5.08. The van der Waals surface area contributed by atoms with E-state index < -0.39 is 0 Å². The molecule has 0 radical (unpaired) electrons. The highest BCUT2D eigenvalue weighted by molar-refractivity contribution is 4.92. The number of hydrogen-bond acceptors (Lipinski definition) is 3. The Bertz CT molecular complexity index is 202. The van der Waals surface area contributed by atoms with Crippen LogP contribution in [-0.4, -0.2) is 42.8 Å². The second-order valence-corrected chi connectivity index (χ2v) is 5.17. The lowest BCUT2D eigenvalue weighted by Crippen LogP contribution is -2.54. The van der Waals surface area contributed by atoms with Gasteiger partial charge in [-0.25, -0.2) is 0 Å². The third-order valence-electron chi connectivity index (χ3n) is 4.11. The first-order valence-corrected chi connectivity index (χ1v) is 6.92. The van der Waals surface area contributed by atoms with E-state index in [2.05, 4.69) is 11.8 Å². The number of nitrogens with zero attached hydrogens (tertiary/aromatic N) is 1. The van der Waals surface area contributed by atoms with Gasteiger partial charge in [-0.1, -0.05) is 6.42 Å². The Morgan fingerprint density at radius 3 is 2.81 bits per heavy atom. The number of likely N-dealkylation sites (tertiary alicyclic amines) is 1. The molecular formula is C13H26N2O. The molecule has 1 unspecified atom stereocenters. The molecule has 3 nitrogen and oxygen atoms in total. The Balaban J connectivity index is 1.78. The predicted molar refractivity (Wildman–Crippen MR) is 66.5 cm³/mol. The SMILES string of the molecule is CCOC1CC(N2CCCCC2CCN)C1. The van der Waals surface area contributed by atoms with E-state index in [1.165, 1.54) is 45.1 Å². The largest absolute Gasteiger partial charge is 0.378 e. The van der Waals surface area contributed by atoms with Crippen LogP contribution in [0.5, 0.6) is 0 Å². The number of ether oxygens (including phenoxy) is 1. The molecular weight excluding hydrogens is 200 g/mol. The molecule has 2 aliphatic rings. The fourth-order valence-corrected chi connectivity index (χ4v) is 3.19. The number of piperidine rings is 1. The van der Waals surface area contributed by atoms with Crippen LogP contribution >= 0.6 is 0 Å². The minimum absolute atomic E-state index is 0.537. The van der Waals surface area contributed by atoms with Gasteiger partial charge in [-0.05, 0) is 52.1 Å². The van der Waals surface area contributed by atoms with Crippen LogP contribution in [0.1, 0.15) is 45.4 Å². The molecule has 0 spiro atoms. The lowest BCUT2D eigenvalue weighted by molar-refractivity contribution is -0.0649. The molecule has 0 aromatic rings. The molecule has 0 aromatic carbocycles. The second kappa shape index (κ2) is 5.99. The molecule has 2 N–H and O–H groups in total. The predicted octanol–water partition coefficient (Wildman–Crippen LogP) is 1.76. The van der Waals surface area contributed by atoms with Gasteiger partial charge in [-0.15, -0.1) is 0 Å². The Kier molecular flexibility index (Phi) is 4.62. The molecule has 1 saturated carbocycles. The van der Waals surface area contributed by atoms with Crippen molar-refractivity contribution in [1.29, 1.82) is 0 Å². The Morgan fingerprint density at radius 2 is 2.12 bits per heavy atom. The molecule has 1 saturated heterocycles. The van der Waals surface area contributed by atoms with Gasteiger partial charge in [0.25, 0.3) is 0 Å². The number of nitrogens with two attached hydrogens (primary N) is 1. The zero-order valence-corrected chi connectivity index (χ0v) is 10.5. The maximum absolute atomic E-state index is 5.70. The molecule has 3 heteroatoms. The monoisotopic (exact) mass is 226 g/mol. The topological polar surface area (TPSA) is 38.5 Å². The van der Waals surface area contributed by atoms with E-state index in [9.17, 15) is 0 Å². The van der Waals surface area contributed by atoms with Gasteiger partial charge in [0.15, 0.2) is 0 Å². The van der Waals surface area contributed by atoms with Crippen LogP contribution in [0.4, 0.5) is 0 Å². The number of hydrogen-bond donors (Lipinski definition) is 1. The smallest absolute Gasteiger partial charge is 0.0604 e. The van der Waals surface area contributed by atoms with E-state index >= 15 is 0 Å². The maximum Gasteiger partial charge on any atom is 0.0604 e. The van der Waals surface area contributed by atoms with E-state index in [-0.39, 0.29) is 0 Å². The normalized spacial score (nSPS) is 36.0. The molecule has 0 bridgehead atoms. The van der Waals surface area contributed by atoms with E-state index in [1.54, 1.807) is 0 Å². The molecule has 94 valence electrons.